The standard InChI is InChI=1S/C10H16N2O/c1-4-12-7-5-6-9(12)8-10(13)11(2)3/h5-7H,4,8H2,1-3H3. The molecule has 1 aromatic rings. The third kappa shape index (κ3) is 2.34. The van der Waals surface area contributed by atoms with Crippen LogP contribution in [0.4, 0.5) is 0 Å². The molecular formula is C10H16N2O. The molecule has 0 fully saturated rings. The Morgan fingerprint density at radius 1 is 1.54 bits per heavy atom. The summed E-state index contributed by atoms with van der Waals surface area (Å²) in [5, 5.41) is 0. The first-order valence-electron chi connectivity index (χ1n) is 4.49. The second kappa shape index (κ2) is 4.12. The Hall–Kier alpha value is -1.25. The van der Waals surface area contributed by atoms with E-state index in [0.717, 1.165) is 12.2 Å². The number of aromatic nitrogens is 1. The summed E-state index contributed by atoms with van der Waals surface area (Å²) in [6.45, 7) is 2.99. The molecule has 1 amide bonds. The third-order valence-corrected chi connectivity index (χ3v) is 2.10. The predicted molar refractivity (Wildman–Crippen MR) is 52.5 cm³/mol. The van der Waals surface area contributed by atoms with Gasteiger partial charge in [-0.1, -0.05) is 0 Å². The van der Waals surface area contributed by atoms with Crippen LogP contribution < -0.4 is 0 Å². The van der Waals surface area contributed by atoms with Crippen molar-refractivity contribution < 1.29 is 4.79 Å². The average molecular weight is 180 g/mol. The van der Waals surface area contributed by atoms with Gasteiger partial charge < -0.3 is 9.47 Å². The van der Waals surface area contributed by atoms with Gasteiger partial charge in [-0.25, -0.2) is 0 Å². The number of hydrogen-bond donors (Lipinski definition) is 0. The Morgan fingerprint density at radius 3 is 2.77 bits per heavy atom. The van der Waals surface area contributed by atoms with Crippen molar-refractivity contribution in [2.75, 3.05) is 14.1 Å². The first-order chi connectivity index (χ1) is 6.15. The maximum Gasteiger partial charge on any atom is 0.227 e. The zero-order valence-corrected chi connectivity index (χ0v) is 8.45. The minimum Gasteiger partial charge on any atom is -0.351 e. The average Bonchev–Trinajstić information content (AvgIpc) is 2.51. The Kier molecular flexibility index (Phi) is 3.12. The molecule has 0 radical (unpaired) electrons. The predicted octanol–water partition coefficient (Wildman–Crippen LogP) is 1.14. The lowest BCUT2D eigenvalue weighted by molar-refractivity contribution is -0.128. The molecule has 3 heteroatoms. The molecule has 0 unspecified atom stereocenters. The van der Waals surface area contributed by atoms with Crippen LogP contribution in [0.3, 0.4) is 0 Å². The lowest BCUT2D eigenvalue weighted by Gasteiger charge is -2.11. The fraction of sp³-hybridized carbons (Fsp3) is 0.500. The third-order valence-electron chi connectivity index (χ3n) is 2.10. The second-order valence-electron chi connectivity index (χ2n) is 3.25. The Bertz CT molecular complexity index is 289. The summed E-state index contributed by atoms with van der Waals surface area (Å²) in [4.78, 5) is 13.0. The number of aryl methyl sites for hydroxylation is 1. The molecule has 1 heterocycles. The molecule has 3 nitrogen and oxygen atoms in total. The van der Waals surface area contributed by atoms with E-state index in [-0.39, 0.29) is 5.91 Å². The van der Waals surface area contributed by atoms with E-state index in [2.05, 4.69) is 11.5 Å². The van der Waals surface area contributed by atoms with Gasteiger partial charge in [0.1, 0.15) is 0 Å². The van der Waals surface area contributed by atoms with Gasteiger partial charge >= 0.3 is 0 Å². The molecule has 0 aliphatic carbocycles. The molecule has 0 aliphatic heterocycles. The molecular weight excluding hydrogens is 164 g/mol. The second-order valence-corrected chi connectivity index (χ2v) is 3.25. The van der Waals surface area contributed by atoms with E-state index >= 15 is 0 Å². The van der Waals surface area contributed by atoms with E-state index in [9.17, 15) is 4.79 Å². The molecule has 0 spiro atoms. The van der Waals surface area contributed by atoms with E-state index in [1.54, 1.807) is 19.0 Å². The highest BCUT2D eigenvalue weighted by molar-refractivity contribution is 5.77. The maximum atomic E-state index is 11.4. The van der Waals surface area contributed by atoms with Crippen LogP contribution in [-0.2, 0) is 17.8 Å². The summed E-state index contributed by atoms with van der Waals surface area (Å²) in [5.41, 5.74) is 1.08. The highest BCUT2D eigenvalue weighted by Gasteiger charge is 2.07. The van der Waals surface area contributed by atoms with Gasteiger partial charge in [-0.2, -0.15) is 0 Å². The highest BCUT2D eigenvalue weighted by Crippen LogP contribution is 2.04. The largest absolute Gasteiger partial charge is 0.351 e. The smallest absolute Gasteiger partial charge is 0.227 e. The molecule has 1 aromatic heterocycles. The van der Waals surface area contributed by atoms with Crippen molar-refractivity contribution in [3.63, 3.8) is 0 Å². The van der Waals surface area contributed by atoms with E-state index in [1.807, 2.05) is 18.3 Å². The molecule has 0 saturated heterocycles. The van der Waals surface area contributed by atoms with Crippen molar-refractivity contribution in [1.82, 2.24) is 9.47 Å². The van der Waals surface area contributed by atoms with Crippen LogP contribution in [0.2, 0.25) is 0 Å². The van der Waals surface area contributed by atoms with Crippen molar-refractivity contribution in [2.24, 2.45) is 0 Å². The van der Waals surface area contributed by atoms with Crippen molar-refractivity contribution in [1.29, 1.82) is 0 Å². The lowest BCUT2D eigenvalue weighted by Crippen LogP contribution is -2.24. The van der Waals surface area contributed by atoms with Crippen LogP contribution >= 0.6 is 0 Å². The van der Waals surface area contributed by atoms with Gasteiger partial charge in [-0.05, 0) is 19.1 Å². The first kappa shape index (κ1) is 9.84. The minimum absolute atomic E-state index is 0.147. The van der Waals surface area contributed by atoms with Gasteiger partial charge in [-0.3, -0.25) is 4.79 Å². The molecule has 0 N–H and O–H groups in total. The summed E-state index contributed by atoms with van der Waals surface area (Å²) in [7, 11) is 3.56. The Morgan fingerprint density at radius 2 is 2.23 bits per heavy atom. The molecule has 0 aliphatic rings. The monoisotopic (exact) mass is 180 g/mol. The first-order valence-corrected chi connectivity index (χ1v) is 4.49. The quantitative estimate of drug-likeness (QED) is 0.684. The molecule has 0 bridgehead atoms. The molecule has 0 atom stereocenters. The molecule has 1 rings (SSSR count). The zero-order chi connectivity index (χ0) is 9.84. The van der Waals surface area contributed by atoms with Crippen LogP contribution in [0.25, 0.3) is 0 Å². The molecule has 72 valence electrons. The van der Waals surface area contributed by atoms with Gasteiger partial charge in [0.2, 0.25) is 5.91 Å². The SMILES string of the molecule is CCn1cccc1CC(=O)N(C)C. The molecule has 0 aromatic carbocycles. The van der Waals surface area contributed by atoms with Crippen molar-refractivity contribution >= 4 is 5.91 Å². The van der Waals surface area contributed by atoms with E-state index in [4.69, 9.17) is 0 Å². The number of carbonyl (C=O) groups excluding carboxylic acids is 1. The van der Waals surface area contributed by atoms with Crippen LogP contribution in [0.5, 0.6) is 0 Å². The summed E-state index contributed by atoms with van der Waals surface area (Å²) in [6, 6.07) is 3.96. The maximum absolute atomic E-state index is 11.4. The summed E-state index contributed by atoms with van der Waals surface area (Å²) in [6.07, 6.45) is 2.49. The molecule has 0 saturated carbocycles. The van der Waals surface area contributed by atoms with Crippen LogP contribution in [-0.4, -0.2) is 29.5 Å². The fourth-order valence-electron chi connectivity index (χ4n) is 1.23. The van der Waals surface area contributed by atoms with Gasteiger partial charge in [-0.15, -0.1) is 0 Å². The number of amides is 1. The number of rotatable bonds is 3. The van der Waals surface area contributed by atoms with Crippen molar-refractivity contribution in [3.05, 3.63) is 24.0 Å². The van der Waals surface area contributed by atoms with Gasteiger partial charge in [0.25, 0.3) is 0 Å². The fourth-order valence-corrected chi connectivity index (χ4v) is 1.23. The number of hydrogen-bond acceptors (Lipinski definition) is 1. The van der Waals surface area contributed by atoms with E-state index in [1.165, 1.54) is 0 Å². The lowest BCUT2D eigenvalue weighted by atomic mass is 10.3. The van der Waals surface area contributed by atoms with Crippen molar-refractivity contribution in [2.45, 2.75) is 19.9 Å². The van der Waals surface area contributed by atoms with Gasteiger partial charge in [0.05, 0.1) is 6.42 Å². The number of carbonyl (C=O) groups is 1. The zero-order valence-electron chi connectivity index (χ0n) is 8.45. The van der Waals surface area contributed by atoms with Gasteiger partial charge in [0.15, 0.2) is 0 Å². The Balaban J connectivity index is 2.68. The van der Waals surface area contributed by atoms with Crippen LogP contribution in [0, 0.1) is 0 Å². The topological polar surface area (TPSA) is 25.2 Å². The summed E-state index contributed by atoms with van der Waals surface area (Å²) in [5.74, 6) is 0.147. The van der Waals surface area contributed by atoms with E-state index in [0.29, 0.717) is 6.42 Å². The highest BCUT2D eigenvalue weighted by atomic mass is 16.2. The minimum atomic E-state index is 0.147. The van der Waals surface area contributed by atoms with Crippen molar-refractivity contribution in [3.8, 4) is 0 Å². The van der Waals surface area contributed by atoms with Crippen LogP contribution in [0.1, 0.15) is 12.6 Å². The summed E-state index contributed by atoms with van der Waals surface area (Å²) >= 11 is 0. The number of nitrogens with zero attached hydrogens (tertiary/aromatic N) is 2. The molecule has 13 heavy (non-hydrogen) atoms. The number of likely N-dealkylation sites (N-methyl/N-ethyl adjacent to an activating group) is 1. The normalized spacial score (nSPS) is 10.1. The van der Waals surface area contributed by atoms with Gasteiger partial charge in [0, 0.05) is 32.5 Å². The van der Waals surface area contributed by atoms with E-state index < -0.39 is 0 Å². The van der Waals surface area contributed by atoms with Crippen LogP contribution in [0.15, 0.2) is 18.3 Å². The Labute approximate surface area is 79.0 Å². The summed E-state index contributed by atoms with van der Waals surface area (Å²) < 4.78 is 2.08.